The number of ether oxygens (including phenoxy) is 3. The molecule has 4 rings (SSSR count). The average Bonchev–Trinajstić information content (AvgIpc) is 2.84. The third-order valence-electron chi connectivity index (χ3n) is 5.83. The number of fused-ring (bicyclic) bond motifs is 1. The predicted octanol–water partition coefficient (Wildman–Crippen LogP) is 2.51. The average molecular weight is 453 g/mol. The molecule has 2 aromatic carbocycles. The first kappa shape index (κ1) is 22.1. The number of methoxy groups -OCH3 is 3. The number of quaternary nitrogens is 1. The quantitative estimate of drug-likeness (QED) is 0.726. The number of nitriles is 1. The lowest BCUT2D eigenvalue weighted by atomic mass is 9.85. The molecule has 8 heteroatoms. The summed E-state index contributed by atoms with van der Waals surface area (Å²) in [6.07, 6.45) is 0.206. The molecule has 1 fully saturated rings. The maximum absolute atomic E-state index is 13.2. The lowest BCUT2D eigenvalue weighted by Crippen LogP contribution is -3.12. The van der Waals surface area contributed by atoms with Crippen LogP contribution >= 0.6 is 11.8 Å². The standard InChI is InChI=1S/C24H25N3O4S/c1-29-20-11-22(31-3)21(30-2)9-18(20)17-10-23(28)27-14-26(13-16-7-5-4-6-8-16)15-32-24(27)19(17)12-25/h4-9,11,17H,10,13-15H2,1-3H3/p+1/t17-/m0/s1. The van der Waals surface area contributed by atoms with Crippen LogP contribution in [0.1, 0.15) is 23.5 Å². The van der Waals surface area contributed by atoms with Crippen molar-refractivity contribution < 1.29 is 23.9 Å². The van der Waals surface area contributed by atoms with Gasteiger partial charge in [-0.1, -0.05) is 30.3 Å². The molecule has 0 aliphatic carbocycles. The molecule has 32 heavy (non-hydrogen) atoms. The minimum Gasteiger partial charge on any atom is -0.496 e. The van der Waals surface area contributed by atoms with E-state index in [-0.39, 0.29) is 12.3 Å². The van der Waals surface area contributed by atoms with E-state index in [0.717, 1.165) is 23.0 Å². The van der Waals surface area contributed by atoms with E-state index in [2.05, 4.69) is 18.2 Å². The van der Waals surface area contributed by atoms with Crippen molar-refractivity contribution in [1.29, 1.82) is 5.26 Å². The van der Waals surface area contributed by atoms with Gasteiger partial charge in [-0.25, -0.2) is 0 Å². The van der Waals surface area contributed by atoms with Crippen molar-refractivity contribution in [2.45, 2.75) is 18.9 Å². The molecule has 1 N–H and O–H groups in total. The number of allylic oxidation sites excluding steroid dienone is 1. The van der Waals surface area contributed by atoms with Crippen molar-refractivity contribution in [2.75, 3.05) is 33.9 Å². The molecule has 2 aromatic rings. The summed E-state index contributed by atoms with van der Waals surface area (Å²) >= 11 is 1.57. The van der Waals surface area contributed by atoms with Crippen LogP contribution in [-0.2, 0) is 11.3 Å². The SMILES string of the molecule is COc1cc(OC)c([C@@H]2CC(=O)N3C[NH+](Cc4ccccc4)CSC3=C2C#N)cc1OC. The lowest BCUT2D eigenvalue weighted by molar-refractivity contribution is -0.910. The van der Waals surface area contributed by atoms with Crippen LogP contribution in [0.3, 0.4) is 0 Å². The van der Waals surface area contributed by atoms with Crippen LogP contribution in [0.5, 0.6) is 17.2 Å². The number of hydrogen-bond donors (Lipinski definition) is 1. The summed E-state index contributed by atoms with van der Waals surface area (Å²) < 4.78 is 16.4. The summed E-state index contributed by atoms with van der Waals surface area (Å²) in [5, 5.41) is 10.8. The first-order valence-electron chi connectivity index (χ1n) is 10.3. The van der Waals surface area contributed by atoms with E-state index >= 15 is 0 Å². The van der Waals surface area contributed by atoms with Crippen LogP contribution in [0, 0.1) is 11.3 Å². The highest BCUT2D eigenvalue weighted by molar-refractivity contribution is 8.02. The Kier molecular flexibility index (Phi) is 6.58. The third kappa shape index (κ3) is 4.14. The van der Waals surface area contributed by atoms with E-state index in [1.54, 1.807) is 44.1 Å². The maximum atomic E-state index is 13.2. The van der Waals surface area contributed by atoms with Gasteiger partial charge in [-0.15, -0.1) is 0 Å². The summed E-state index contributed by atoms with van der Waals surface area (Å²) in [6, 6.07) is 16.2. The summed E-state index contributed by atoms with van der Waals surface area (Å²) in [5.41, 5.74) is 2.58. The number of nitrogens with zero attached hydrogens (tertiary/aromatic N) is 2. The molecule has 0 bridgehead atoms. The van der Waals surface area contributed by atoms with Crippen molar-refractivity contribution in [3.05, 3.63) is 64.2 Å². The van der Waals surface area contributed by atoms with Crippen LogP contribution in [-0.4, -0.2) is 44.7 Å². The highest BCUT2D eigenvalue weighted by Gasteiger charge is 2.41. The largest absolute Gasteiger partial charge is 0.496 e. The molecule has 7 nitrogen and oxygen atoms in total. The minimum atomic E-state index is -0.392. The number of thioether (sulfide) groups is 1. The topological polar surface area (TPSA) is 76.2 Å². The van der Waals surface area contributed by atoms with Crippen LogP contribution in [0.4, 0.5) is 0 Å². The fraction of sp³-hybridized carbons (Fsp3) is 0.333. The van der Waals surface area contributed by atoms with Gasteiger partial charge in [0, 0.05) is 29.5 Å². The Balaban J connectivity index is 1.67. The van der Waals surface area contributed by atoms with Crippen LogP contribution < -0.4 is 19.1 Å². The molecule has 2 atom stereocenters. The van der Waals surface area contributed by atoms with Gasteiger partial charge in [-0.3, -0.25) is 9.69 Å². The molecular formula is C24H26N3O4S+. The third-order valence-corrected chi connectivity index (χ3v) is 7.09. The van der Waals surface area contributed by atoms with Gasteiger partial charge >= 0.3 is 0 Å². The molecule has 2 aliphatic rings. The minimum absolute atomic E-state index is 0.0126. The number of benzene rings is 2. The summed E-state index contributed by atoms with van der Waals surface area (Å²) in [7, 11) is 4.69. The molecule has 2 aliphatic heterocycles. The normalized spacial score (nSPS) is 20.4. The Hall–Kier alpha value is -3.15. The van der Waals surface area contributed by atoms with Gasteiger partial charge in [-0.05, 0) is 17.8 Å². The number of amides is 1. The molecule has 0 aromatic heterocycles. The van der Waals surface area contributed by atoms with Gasteiger partial charge in [0.05, 0.1) is 33.0 Å². The highest BCUT2D eigenvalue weighted by atomic mass is 32.2. The Morgan fingerprint density at radius 2 is 1.78 bits per heavy atom. The molecule has 2 heterocycles. The number of carbonyl (C=O) groups is 1. The smallest absolute Gasteiger partial charge is 0.232 e. The van der Waals surface area contributed by atoms with E-state index in [9.17, 15) is 10.1 Å². The first-order chi connectivity index (χ1) is 15.6. The monoisotopic (exact) mass is 452 g/mol. The van der Waals surface area contributed by atoms with E-state index in [1.807, 2.05) is 24.3 Å². The Bertz CT molecular complexity index is 1080. The maximum Gasteiger partial charge on any atom is 0.232 e. The van der Waals surface area contributed by atoms with E-state index in [0.29, 0.717) is 29.5 Å². The number of hydrogen-bond acceptors (Lipinski definition) is 6. The zero-order valence-electron chi connectivity index (χ0n) is 18.4. The van der Waals surface area contributed by atoms with Gasteiger partial charge in [0.1, 0.15) is 23.2 Å². The molecule has 0 saturated carbocycles. The zero-order valence-corrected chi connectivity index (χ0v) is 19.2. The van der Waals surface area contributed by atoms with Crippen molar-refractivity contribution in [1.82, 2.24) is 4.90 Å². The Morgan fingerprint density at radius 1 is 1.09 bits per heavy atom. The van der Waals surface area contributed by atoms with Crippen molar-refractivity contribution in [3.63, 3.8) is 0 Å². The number of carbonyl (C=O) groups excluding carboxylic acids is 1. The second-order valence-electron chi connectivity index (χ2n) is 7.72. The fourth-order valence-corrected chi connectivity index (χ4v) is 5.46. The molecular weight excluding hydrogens is 426 g/mol. The van der Waals surface area contributed by atoms with Crippen molar-refractivity contribution >= 4 is 17.7 Å². The fourth-order valence-electron chi connectivity index (χ4n) is 4.26. The van der Waals surface area contributed by atoms with Gasteiger partial charge in [0.25, 0.3) is 0 Å². The van der Waals surface area contributed by atoms with Crippen LogP contribution in [0.25, 0.3) is 0 Å². The highest BCUT2D eigenvalue weighted by Crippen LogP contribution is 2.46. The molecule has 1 unspecified atom stereocenters. The Morgan fingerprint density at radius 3 is 2.44 bits per heavy atom. The molecule has 166 valence electrons. The Labute approximate surface area is 192 Å². The van der Waals surface area contributed by atoms with Crippen LogP contribution in [0.2, 0.25) is 0 Å². The second kappa shape index (κ2) is 9.55. The first-order valence-corrected chi connectivity index (χ1v) is 11.3. The van der Waals surface area contributed by atoms with Crippen molar-refractivity contribution in [3.8, 4) is 23.3 Å². The van der Waals surface area contributed by atoms with Crippen molar-refractivity contribution in [2.24, 2.45) is 0 Å². The zero-order chi connectivity index (χ0) is 22.7. The lowest BCUT2D eigenvalue weighted by Gasteiger charge is -2.39. The molecule has 1 saturated heterocycles. The van der Waals surface area contributed by atoms with Gasteiger partial charge in [0.15, 0.2) is 18.2 Å². The number of rotatable bonds is 6. The van der Waals surface area contributed by atoms with E-state index in [4.69, 9.17) is 14.2 Å². The number of nitrogens with one attached hydrogen (secondary N) is 1. The molecule has 0 spiro atoms. The van der Waals surface area contributed by atoms with Crippen LogP contribution in [0.15, 0.2) is 53.1 Å². The summed E-state index contributed by atoms with van der Waals surface area (Å²) in [4.78, 5) is 16.3. The second-order valence-corrected chi connectivity index (χ2v) is 8.68. The summed E-state index contributed by atoms with van der Waals surface area (Å²) in [5.74, 6) is 2.05. The van der Waals surface area contributed by atoms with Gasteiger partial charge < -0.3 is 19.1 Å². The molecule has 0 radical (unpaired) electrons. The molecule has 1 amide bonds. The van der Waals surface area contributed by atoms with E-state index in [1.165, 1.54) is 10.5 Å². The summed E-state index contributed by atoms with van der Waals surface area (Å²) in [6.45, 7) is 1.39. The van der Waals surface area contributed by atoms with E-state index < -0.39 is 5.92 Å². The predicted molar refractivity (Wildman–Crippen MR) is 121 cm³/mol. The van der Waals surface area contributed by atoms with Gasteiger partial charge in [-0.2, -0.15) is 5.26 Å². The van der Waals surface area contributed by atoms with Gasteiger partial charge in [0.2, 0.25) is 5.91 Å².